The molecule has 4 heteroatoms. The highest BCUT2D eigenvalue weighted by Crippen LogP contribution is 2.21. The molecule has 0 atom stereocenters. The van der Waals surface area contributed by atoms with E-state index in [-0.39, 0.29) is 18.1 Å². The summed E-state index contributed by atoms with van der Waals surface area (Å²) in [5.41, 5.74) is 1.29. The number of rotatable bonds is 5. The van der Waals surface area contributed by atoms with Crippen molar-refractivity contribution >= 4 is 5.78 Å². The predicted octanol–water partition coefficient (Wildman–Crippen LogP) is 3.40. The molecule has 2 rings (SSSR count). The maximum atomic E-state index is 13.5. The highest BCUT2D eigenvalue weighted by atomic mass is 19.1. The van der Waals surface area contributed by atoms with Crippen molar-refractivity contribution in [3.63, 3.8) is 0 Å². The summed E-state index contributed by atoms with van der Waals surface area (Å²) in [6.45, 7) is 1.59. The minimum atomic E-state index is -0.483. The van der Waals surface area contributed by atoms with Crippen molar-refractivity contribution in [2.24, 2.45) is 0 Å². The van der Waals surface area contributed by atoms with E-state index in [9.17, 15) is 9.18 Å². The molecule has 0 aliphatic rings. The molecule has 0 aliphatic heterocycles. The Bertz CT molecular complexity index is 623. The number of ether oxygens (including phenoxy) is 2. The van der Waals surface area contributed by atoms with E-state index in [1.807, 2.05) is 6.92 Å². The lowest BCUT2D eigenvalue weighted by Gasteiger charge is -2.09. The van der Waals surface area contributed by atoms with E-state index in [0.29, 0.717) is 11.3 Å². The first kappa shape index (κ1) is 14.1. The molecule has 0 amide bonds. The second-order valence-electron chi connectivity index (χ2n) is 4.35. The van der Waals surface area contributed by atoms with Gasteiger partial charge in [-0.05, 0) is 36.8 Å². The monoisotopic (exact) mass is 274 g/mol. The van der Waals surface area contributed by atoms with Crippen LogP contribution in [0, 0.1) is 12.7 Å². The van der Waals surface area contributed by atoms with Crippen LogP contribution in [0.25, 0.3) is 0 Å². The molecule has 0 saturated carbocycles. The summed E-state index contributed by atoms with van der Waals surface area (Å²) in [6.07, 6.45) is 0. The Morgan fingerprint density at radius 2 is 1.90 bits per heavy atom. The number of benzene rings is 2. The van der Waals surface area contributed by atoms with Crippen molar-refractivity contribution in [2.75, 3.05) is 13.7 Å². The average Bonchev–Trinajstić information content (AvgIpc) is 2.47. The van der Waals surface area contributed by atoms with E-state index < -0.39 is 5.82 Å². The van der Waals surface area contributed by atoms with Gasteiger partial charge in [0.1, 0.15) is 5.75 Å². The molecule has 2 aromatic rings. The lowest BCUT2D eigenvalue weighted by molar-refractivity contribution is 0.0915. The van der Waals surface area contributed by atoms with E-state index in [0.717, 1.165) is 5.56 Å². The molecule has 0 saturated heterocycles. The van der Waals surface area contributed by atoms with Crippen molar-refractivity contribution in [1.29, 1.82) is 0 Å². The Kier molecular flexibility index (Phi) is 4.35. The molecule has 0 radical (unpaired) electrons. The van der Waals surface area contributed by atoms with Gasteiger partial charge >= 0.3 is 0 Å². The van der Waals surface area contributed by atoms with Gasteiger partial charge in [-0.1, -0.05) is 18.2 Å². The zero-order valence-corrected chi connectivity index (χ0v) is 11.4. The Labute approximate surface area is 117 Å². The van der Waals surface area contributed by atoms with Crippen LogP contribution in [0.2, 0.25) is 0 Å². The molecule has 20 heavy (non-hydrogen) atoms. The summed E-state index contributed by atoms with van der Waals surface area (Å²) >= 11 is 0. The van der Waals surface area contributed by atoms with Crippen LogP contribution in [0.1, 0.15) is 15.9 Å². The topological polar surface area (TPSA) is 35.5 Å². The van der Waals surface area contributed by atoms with Gasteiger partial charge in [-0.25, -0.2) is 4.39 Å². The van der Waals surface area contributed by atoms with Gasteiger partial charge in [0.15, 0.2) is 18.2 Å². The van der Waals surface area contributed by atoms with Crippen LogP contribution >= 0.6 is 0 Å². The van der Waals surface area contributed by atoms with Gasteiger partial charge in [-0.2, -0.15) is 0 Å². The fraction of sp³-hybridized carbons (Fsp3) is 0.188. The van der Waals surface area contributed by atoms with Crippen LogP contribution in [-0.4, -0.2) is 19.5 Å². The van der Waals surface area contributed by atoms with Crippen LogP contribution in [0.15, 0.2) is 42.5 Å². The third kappa shape index (κ3) is 3.15. The molecule has 3 nitrogen and oxygen atoms in total. The van der Waals surface area contributed by atoms with Crippen LogP contribution in [0.3, 0.4) is 0 Å². The molecule has 0 N–H and O–H groups in total. The third-order valence-electron chi connectivity index (χ3n) is 2.85. The van der Waals surface area contributed by atoms with Gasteiger partial charge < -0.3 is 9.47 Å². The first-order chi connectivity index (χ1) is 9.61. The maximum Gasteiger partial charge on any atom is 0.203 e. The molecule has 0 aliphatic carbocycles. The molecule has 0 heterocycles. The number of methoxy groups -OCH3 is 1. The number of hydrogen-bond donors (Lipinski definition) is 0. The molecule has 2 aromatic carbocycles. The Morgan fingerprint density at radius 3 is 2.65 bits per heavy atom. The Balaban J connectivity index is 2.11. The molecule has 0 aromatic heterocycles. The molecule has 0 fully saturated rings. The van der Waals surface area contributed by atoms with Gasteiger partial charge in [-0.15, -0.1) is 0 Å². The Morgan fingerprint density at radius 1 is 1.15 bits per heavy atom. The number of carbonyl (C=O) groups is 1. The largest absolute Gasteiger partial charge is 0.496 e. The van der Waals surface area contributed by atoms with Gasteiger partial charge in [0, 0.05) is 0 Å². The molecule has 104 valence electrons. The van der Waals surface area contributed by atoms with Crippen molar-refractivity contribution in [2.45, 2.75) is 6.92 Å². The smallest absolute Gasteiger partial charge is 0.203 e. The summed E-state index contributed by atoms with van der Waals surface area (Å²) in [7, 11) is 1.49. The molecule has 0 spiro atoms. The lowest BCUT2D eigenvalue weighted by atomic mass is 10.1. The van der Waals surface area contributed by atoms with E-state index >= 15 is 0 Å². The maximum absolute atomic E-state index is 13.5. The predicted molar refractivity (Wildman–Crippen MR) is 74.0 cm³/mol. The number of ketones is 1. The number of aryl methyl sites for hydroxylation is 1. The fourth-order valence-corrected chi connectivity index (χ4v) is 1.82. The second-order valence-corrected chi connectivity index (χ2v) is 4.35. The van der Waals surface area contributed by atoms with Crippen LogP contribution in [-0.2, 0) is 0 Å². The molecule has 0 bridgehead atoms. The number of halogens is 1. The van der Waals surface area contributed by atoms with Crippen LogP contribution in [0.4, 0.5) is 4.39 Å². The number of para-hydroxylation sites is 1. The zero-order valence-electron chi connectivity index (χ0n) is 11.4. The quantitative estimate of drug-likeness (QED) is 0.784. The third-order valence-corrected chi connectivity index (χ3v) is 2.85. The van der Waals surface area contributed by atoms with Crippen LogP contribution in [0.5, 0.6) is 11.5 Å². The first-order valence-electron chi connectivity index (χ1n) is 6.17. The van der Waals surface area contributed by atoms with Crippen molar-refractivity contribution in [1.82, 2.24) is 0 Å². The van der Waals surface area contributed by atoms with Crippen LogP contribution < -0.4 is 9.47 Å². The van der Waals surface area contributed by atoms with E-state index in [1.54, 1.807) is 36.4 Å². The summed E-state index contributed by atoms with van der Waals surface area (Å²) in [4.78, 5) is 12.1. The lowest BCUT2D eigenvalue weighted by Crippen LogP contribution is -2.13. The van der Waals surface area contributed by atoms with Crippen molar-refractivity contribution in [3.05, 3.63) is 59.4 Å². The summed E-state index contributed by atoms with van der Waals surface area (Å²) in [5.74, 6) is -0.189. The summed E-state index contributed by atoms with van der Waals surface area (Å²) in [5, 5.41) is 0. The zero-order chi connectivity index (χ0) is 14.5. The van der Waals surface area contributed by atoms with E-state index in [1.165, 1.54) is 13.2 Å². The standard InChI is InChI=1S/C16H15FO3/c1-11-7-8-13(17)16(9-11)20-10-14(18)12-5-3-4-6-15(12)19-2/h3-9H,10H2,1-2H3. The SMILES string of the molecule is COc1ccccc1C(=O)COc1cc(C)ccc1F. The highest BCUT2D eigenvalue weighted by molar-refractivity contribution is 5.99. The summed E-state index contributed by atoms with van der Waals surface area (Å²) in [6, 6.07) is 11.4. The van der Waals surface area contributed by atoms with Crippen molar-refractivity contribution < 1.29 is 18.7 Å². The Hall–Kier alpha value is -2.36. The van der Waals surface area contributed by atoms with Gasteiger partial charge in [0.25, 0.3) is 0 Å². The van der Waals surface area contributed by atoms with E-state index in [4.69, 9.17) is 9.47 Å². The van der Waals surface area contributed by atoms with Crippen molar-refractivity contribution in [3.8, 4) is 11.5 Å². The van der Waals surface area contributed by atoms with E-state index in [2.05, 4.69) is 0 Å². The molecular formula is C16H15FO3. The second kappa shape index (κ2) is 6.19. The molecule has 0 unspecified atom stereocenters. The minimum absolute atomic E-state index is 0.0771. The summed E-state index contributed by atoms with van der Waals surface area (Å²) < 4.78 is 23.9. The van der Waals surface area contributed by atoms with Gasteiger partial charge in [0.2, 0.25) is 5.78 Å². The normalized spacial score (nSPS) is 10.2. The number of Topliss-reactive ketones (excluding diaryl/α,β-unsaturated/α-hetero) is 1. The average molecular weight is 274 g/mol. The van der Waals surface area contributed by atoms with Gasteiger partial charge in [-0.3, -0.25) is 4.79 Å². The highest BCUT2D eigenvalue weighted by Gasteiger charge is 2.13. The minimum Gasteiger partial charge on any atom is -0.496 e. The van der Waals surface area contributed by atoms with Gasteiger partial charge in [0.05, 0.1) is 12.7 Å². The number of carbonyl (C=O) groups excluding carboxylic acids is 1. The first-order valence-corrected chi connectivity index (χ1v) is 6.17. The molecular weight excluding hydrogens is 259 g/mol. The fourth-order valence-electron chi connectivity index (χ4n) is 1.82. The number of hydrogen-bond acceptors (Lipinski definition) is 3.